The fourth-order valence-electron chi connectivity index (χ4n) is 5.18. The first-order valence-corrected chi connectivity index (χ1v) is 11.3. The van der Waals surface area contributed by atoms with Crippen molar-refractivity contribution >= 4 is 17.3 Å². The molecular formula is C22H24FNO5S. The van der Waals surface area contributed by atoms with E-state index in [0.29, 0.717) is 23.8 Å². The summed E-state index contributed by atoms with van der Waals surface area (Å²) in [6.07, 6.45) is 3.86. The van der Waals surface area contributed by atoms with Crippen LogP contribution in [-0.2, 0) is 17.6 Å². The molecule has 5 atom stereocenters. The summed E-state index contributed by atoms with van der Waals surface area (Å²) < 4.78 is 26.4. The Hall–Kier alpha value is -2.03. The van der Waals surface area contributed by atoms with Crippen molar-refractivity contribution in [3.05, 3.63) is 45.2 Å². The molecule has 0 unspecified atom stereocenters. The van der Waals surface area contributed by atoms with Gasteiger partial charge in [0.15, 0.2) is 5.69 Å². The van der Waals surface area contributed by atoms with Crippen LogP contribution in [0.15, 0.2) is 17.5 Å². The van der Waals surface area contributed by atoms with E-state index in [2.05, 4.69) is 4.98 Å². The van der Waals surface area contributed by atoms with E-state index in [1.54, 1.807) is 0 Å². The molecule has 3 aliphatic rings. The van der Waals surface area contributed by atoms with Gasteiger partial charge in [0, 0.05) is 23.8 Å². The molecule has 1 aliphatic heterocycles. The topological polar surface area (TPSA) is 88.9 Å². The minimum atomic E-state index is -1.04. The van der Waals surface area contributed by atoms with Gasteiger partial charge >= 0.3 is 5.97 Å². The molecule has 5 rings (SSSR count). The van der Waals surface area contributed by atoms with Crippen LogP contribution in [0.3, 0.4) is 0 Å². The first-order valence-electron chi connectivity index (χ1n) is 10.5. The van der Waals surface area contributed by atoms with E-state index in [4.69, 9.17) is 14.6 Å². The number of thiazole rings is 1. The molecule has 2 heterocycles. The van der Waals surface area contributed by atoms with Crippen LogP contribution in [0.1, 0.15) is 58.4 Å². The number of carboxylic acid groups (broad SMARTS) is 1. The molecule has 30 heavy (non-hydrogen) atoms. The maximum atomic E-state index is 14.3. The maximum absolute atomic E-state index is 14.3. The summed E-state index contributed by atoms with van der Waals surface area (Å²) in [4.78, 5) is 15.2. The van der Waals surface area contributed by atoms with Gasteiger partial charge in [-0.1, -0.05) is 0 Å². The molecule has 0 bridgehead atoms. The number of hydrogen-bond donors (Lipinski definition) is 2. The van der Waals surface area contributed by atoms with Gasteiger partial charge in [0.25, 0.3) is 0 Å². The number of carbonyl (C=O) groups is 1. The Balaban J connectivity index is 1.23. The van der Waals surface area contributed by atoms with Crippen LogP contribution in [0.5, 0.6) is 5.75 Å². The van der Waals surface area contributed by atoms with Crippen molar-refractivity contribution in [1.82, 2.24) is 4.98 Å². The van der Waals surface area contributed by atoms with Crippen LogP contribution in [0, 0.1) is 17.7 Å². The van der Waals surface area contributed by atoms with Crippen molar-refractivity contribution in [1.29, 1.82) is 0 Å². The second-order valence-electron chi connectivity index (χ2n) is 8.45. The van der Waals surface area contributed by atoms with E-state index < -0.39 is 12.1 Å². The van der Waals surface area contributed by atoms with Crippen LogP contribution >= 0.6 is 11.3 Å². The molecule has 160 valence electrons. The molecule has 2 fully saturated rings. The number of aryl methyl sites for hydroxylation is 1. The summed E-state index contributed by atoms with van der Waals surface area (Å²) in [5.41, 5.74) is 1.88. The number of aromatic nitrogens is 1. The SMILES string of the molecule is O=C(O)c1csc([C@H]2CC[C@@H]3[C@@H](COc4cc(F)c5c(c4)CCC5)[C@@H](O)C[C@@H]3O2)n1. The summed E-state index contributed by atoms with van der Waals surface area (Å²) in [5.74, 6) is -0.615. The van der Waals surface area contributed by atoms with Gasteiger partial charge in [-0.2, -0.15) is 0 Å². The lowest BCUT2D eigenvalue weighted by Gasteiger charge is -2.33. The van der Waals surface area contributed by atoms with Gasteiger partial charge in [0.2, 0.25) is 0 Å². The van der Waals surface area contributed by atoms with Gasteiger partial charge in [0.05, 0.1) is 18.8 Å². The van der Waals surface area contributed by atoms with Crippen molar-refractivity contribution in [2.45, 2.75) is 56.8 Å². The minimum Gasteiger partial charge on any atom is -0.493 e. The Morgan fingerprint density at radius 3 is 3.00 bits per heavy atom. The summed E-state index contributed by atoms with van der Waals surface area (Å²) in [7, 11) is 0. The van der Waals surface area contributed by atoms with E-state index in [9.17, 15) is 14.3 Å². The van der Waals surface area contributed by atoms with Crippen LogP contribution in [0.4, 0.5) is 4.39 Å². The van der Waals surface area contributed by atoms with Gasteiger partial charge < -0.3 is 19.7 Å². The van der Waals surface area contributed by atoms with E-state index >= 15 is 0 Å². The summed E-state index contributed by atoms with van der Waals surface area (Å²) >= 11 is 1.30. The molecule has 2 aliphatic carbocycles. The van der Waals surface area contributed by atoms with Gasteiger partial charge in [0.1, 0.15) is 22.7 Å². The predicted octanol–water partition coefficient (Wildman–Crippen LogP) is 3.77. The van der Waals surface area contributed by atoms with Gasteiger partial charge in [-0.05, 0) is 55.2 Å². The Morgan fingerprint density at radius 2 is 2.20 bits per heavy atom. The lowest BCUT2D eigenvalue weighted by atomic mass is 9.87. The highest BCUT2D eigenvalue weighted by Crippen LogP contribution is 2.46. The third-order valence-corrected chi connectivity index (χ3v) is 7.63. The standard InChI is InChI=1S/C22H24FNO5S/c23-16-7-12(6-11-2-1-3-13(11)16)28-9-15-14-4-5-19(29-20(14)8-18(15)25)21-24-17(10-30-21)22(26)27/h6-7,10,14-15,18-20,25H,1-5,8-9H2,(H,26,27)/t14-,15-,18+,19-,20+/m1/s1. The smallest absolute Gasteiger partial charge is 0.355 e. The quantitative estimate of drug-likeness (QED) is 0.746. The average molecular weight is 434 g/mol. The summed E-state index contributed by atoms with van der Waals surface area (Å²) in [6, 6.07) is 3.39. The molecule has 1 aromatic heterocycles. The molecule has 0 radical (unpaired) electrons. The number of rotatable bonds is 5. The number of carboxylic acids is 1. The molecule has 1 saturated carbocycles. The number of nitrogens with zero attached hydrogens (tertiary/aromatic N) is 1. The summed E-state index contributed by atoms with van der Waals surface area (Å²) in [5, 5.41) is 21.9. The molecule has 2 N–H and O–H groups in total. The second kappa shape index (κ2) is 7.90. The monoisotopic (exact) mass is 433 g/mol. The number of benzene rings is 1. The van der Waals surface area contributed by atoms with Crippen LogP contribution < -0.4 is 4.74 Å². The highest BCUT2D eigenvalue weighted by molar-refractivity contribution is 7.09. The maximum Gasteiger partial charge on any atom is 0.355 e. The summed E-state index contributed by atoms with van der Waals surface area (Å²) in [6.45, 7) is 0.328. The lowest BCUT2D eigenvalue weighted by Crippen LogP contribution is -2.33. The van der Waals surface area contributed by atoms with Crippen molar-refractivity contribution in [3.63, 3.8) is 0 Å². The van der Waals surface area contributed by atoms with Gasteiger partial charge in [-0.25, -0.2) is 14.2 Å². The zero-order chi connectivity index (χ0) is 20.8. The number of halogens is 1. The third-order valence-electron chi connectivity index (χ3n) is 6.69. The van der Waals surface area contributed by atoms with Crippen molar-refractivity contribution in [2.75, 3.05) is 6.61 Å². The molecule has 8 heteroatoms. The Kier molecular flexibility index (Phi) is 5.24. The lowest BCUT2D eigenvalue weighted by molar-refractivity contribution is -0.0812. The predicted molar refractivity (Wildman–Crippen MR) is 107 cm³/mol. The average Bonchev–Trinajstić information content (AvgIpc) is 3.44. The molecule has 6 nitrogen and oxygen atoms in total. The number of hydrogen-bond acceptors (Lipinski definition) is 6. The Labute approximate surface area is 177 Å². The van der Waals surface area contributed by atoms with Crippen LogP contribution in [0.25, 0.3) is 0 Å². The van der Waals surface area contributed by atoms with E-state index in [1.165, 1.54) is 22.8 Å². The first kappa shape index (κ1) is 19.9. The number of aliphatic hydroxyl groups excluding tert-OH is 1. The van der Waals surface area contributed by atoms with Crippen molar-refractivity contribution in [3.8, 4) is 5.75 Å². The number of ether oxygens (including phenoxy) is 2. The normalized spacial score (nSPS) is 30.1. The fourth-order valence-corrected chi connectivity index (χ4v) is 6.04. The second-order valence-corrected chi connectivity index (χ2v) is 9.34. The Morgan fingerprint density at radius 1 is 1.33 bits per heavy atom. The first-order chi connectivity index (χ1) is 14.5. The van der Waals surface area contributed by atoms with E-state index in [1.807, 2.05) is 6.07 Å². The van der Waals surface area contributed by atoms with E-state index in [0.717, 1.165) is 43.2 Å². The van der Waals surface area contributed by atoms with Gasteiger partial charge in [-0.15, -0.1) is 11.3 Å². The highest BCUT2D eigenvalue weighted by atomic mass is 32.1. The van der Waals surface area contributed by atoms with Gasteiger partial charge in [-0.3, -0.25) is 0 Å². The molecule has 2 aromatic rings. The molecule has 1 aromatic carbocycles. The Bertz CT molecular complexity index is 963. The molecule has 1 saturated heterocycles. The van der Waals surface area contributed by atoms with Crippen molar-refractivity contribution in [2.24, 2.45) is 11.8 Å². The zero-order valence-electron chi connectivity index (χ0n) is 16.4. The zero-order valence-corrected chi connectivity index (χ0v) is 17.2. The van der Waals surface area contributed by atoms with Crippen LogP contribution in [-0.4, -0.2) is 40.0 Å². The molecular weight excluding hydrogens is 409 g/mol. The minimum absolute atomic E-state index is 0.0417. The van der Waals surface area contributed by atoms with Crippen LogP contribution in [0.2, 0.25) is 0 Å². The molecule has 0 spiro atoms. The highest BCUT2D eigenvalue weighted by Gasteiger charge is 2.47. The van der Waals surface area contributed by atoms with Crippen molar-refractivity contribution < 1.29 is 28.9 Å². The number of fused-ring (bicyclic) bond motifs is 2. The third kappa shape index (κ3) is 3.61. The molecule has 0 amide bonds. The number of aliphatic hydroxyl groups is 1. The number of aromatic carboxylic acids is 1. The van der Waals surface area contributed by atoms with E-state index in [-0.39, 0.29) is 35.6 Å². The largest absolute Gasteiger partial charge is 0.493 e. The fraction of sp³-hybridized carbons (Fsp3) is 0.545.